The maximum Gasteiger partial charge on any atom is 0.273 e. The van der Waals surface area contributed by atoms with Crippen molar-refractivity contribution in [2.75, 3.05) is 0 Å². The number of carbonyl (C=O) groups is 1. The van der Waals surface area contributed by atoms with E-state index in [0.717, 1.165) is 33.5 Å². The molecule has 0 aliphatic carbocycles. The number of fused-ring (bicyclic) bond motifs is 1. The molecule has 2 heterocycles. The van der Waals surface area contributed by atoms with Crippen LogP contribution in [0.5, 0.6) is 0 Å². The van der Waals surface area contributed by atoms with Gasteiger partial charge in [0.15, 0.2) is 0 Å². The Hall–Kier alpha value is -3.44. The molecule has 1 aliphatic heterocycles. The molecule has 1 atom stereocenters. The maximum absolute atomic E-state index is 13.6. The standard InChI is InChI=1S/C25H19ClFN3O/c1-15-2-6-17(7-3-15)22-21-23(29-28-22)25(31)30(14-16-4-10-19(26)11-5-16)24(21)18-8-12-20(27)13-9-18/h2-13,24H,14H2,1H3,(H,28,29). The van der Waals surface area contributed by atoms with Gasteiger partial charge < -0.3 is 4.90 Å². The van der Waals surface area contributed by atoms with E-state index in [2.05, 4.69) is 10.2 Å². The highest BCUT2D eigenvalue weighted by Gasteiger charge is 2.42. The zero-order chi connectivity index (χ0) is 21.5. The molecule has 154 valence electrons. The predicted molar refractivity (Wildman–Crippen MR) is 118 cm³/mol. The largest absolute Gasteiger partial charge is 0.322 e. The molecule has 31 heavy (non-hydrogen) atoms. The van der Waals surface area contributed by atoms with Crippen molar-refractivity contribution in [2.24, 2.45) is 0 Å². The summed E-state index contributed by atoms with van der Waals surface area (Å²) in [5.41, 5.74) is 5.88. The van der Waals surface area contributed by atoms with Crippen LogP contribution in [0, 0.1) is 12.7 Å². The summed E-state index contributed by atoms with van der Waals surface area (Å²) in [7, 11) is 0. The number of rotatable bonds is 4. The number of nitrogens with one attached hydrogen (secondary N) is 1. The normalized spacial score (nSPS) is 15.4. The second kappa shape index (κ2) is 7.67. The van der Waals surface area contributed by atoms with Crippen molar-refractivity contribution in [2.45, 2.75) is 19.5 Å². The molecule has 4 nitrogen and oxygen atoms in total. The van der Waals surface area contributed by atoms with Gasteiger partial charge in [0.05, 0.1) is 11.7 Å². The first-order valence-corrected chi connectivity index (χ1v) is 10.4. The minimum Gasteiger partial charge on any atom is -0.322 e. The first-order chi connectivity index (χ1) is 15.0. The van der Waals surface area contributed by atoms with Gasteiger partial charge in [0.25, 0.3) is 5.91 Å². The van der Waals surface area contributed by atoms with Gasteiger partial charge in [-0.1, -0.05) is 65.7 Å². The van der Waals surface area contributed by atoms with E-state index in [1.165, 1.54) is 12.1 Å². The molecule has 0 saturated heterocycles. The van der Waals surface area contributed by atoms with Crippen LogP contribution in [-0.2, 0) is 6.54 Å². The average Bonchev–Trinajstić information content (AvgIpc) is 3.31. The minimum atomic E-state index is -0.381. The minimum absolute atomic E-state index is 0.134. The van der Waals surface area contributed by atoms with E-state index in [4.69, 9.17) is 11.6 Å². The van der Waals surface area contributed by atoms with E-state index in [1.54, 1.807) is 17.0 Å². The molecule has 3 aromatic carbocycles. The quantitative estimate of drug-likeness (QED) is 0.435. The second-order valence-corrected chi connectivity index (χ2v) is 8.18. The fourth-order valence-electron chi connectivity index (χ4n) is 4.07. The van der Waals surface area contributed by atoms with Gasteiger partial charge in [-0.05, 0) is 42.3 Å². The van der Waals surface area contributed by atoms with Gasteiger partial charge in [-0.3, -0.25) is 9.89 Å². The van der Waals surface area contributed by atoms with E-state index in [1.807, 2.05) is 55.5 Å². The molecule has 0 bridgehead atoms. The number of aryl methyl sites for hydroxylation is 1. The molecule has 0 radical (unpaired) electrons. The van der Waals surface area contributed by atoms with E-state index in [-0.39, 0.29) is 17.8 Å². The highest BCUT2D eigenvalue weighted by Crippen LogP contribution is 2.43. The molecular formula is C25H19ClFN3O. The SMILES string of the molecule is Cc1ccc(-c2n[nH]c3c2C(c2ccc(F)cc2)N(Cc2ccc(Cl)cc2)C3=O)cc1. The lowest BCUT2D eigenvalue weighted by Gasteiger charge is -2.26. The molecule has 1 unspecified atom stereocenters. The van der Waals surface area contributed by atoms with Gasteiger partial charge in [-0.2, -0.15) is 5.10 Å². The van der Waals surface area contributed by atoms with Crippen LogP contribution in [0.4, 0.5) is 4.39 Å². The number of hydrogen-bond donors (Lipinski definition) is 1. The van der Waals surface area contributed by atoms with Gasteiger partial charge in [-0.25, -0.2) is 4.39 Å². The Labute approximate surface area is 184 Å². The number of nitrogens with zero attached hydrogens (tertiary/aromatic N) is 2. The lowest BCUT2D eigenvalue weighted by Crippen LogP contribution is -2.29. The summed E-state index contributed by atoms with van der Waals surface area (Å²) >= 11 is 6.02. The van der Waals surface area contributed by atoms with Crippen LogP contribution in [0.25, 0.3) is 11.3 Å². The van der Waals surface area contributed by atoms with E-state index >= 15 is 0 Å². The van der Waals surface area contributed by atoms with Crippen LogP contribution in [0.15, 0.2) is 72.8 Å². The number of amides is 1. The van der Waals surface area contributed by atoms with Crippen molar-refractivity contribution >= 4 is 17.5 Å². The third-order valence-electron chi connectivity index (χ3n) is 5.64. The van der Waals surface area contributed by atoms with Gasteiger partial charge in [0.1, 0.15) is 11.5 Å². The number of H-pyrrole nitrogens is 1. The molecule has 1 N–H and O–H groups in total. The molecule has 0 saturated carbocycles. The van der Waals surface area contributed by atoms with Crippen molar-refractivity contribution in [3.05, 3.63) is 112 Å². The van der Waals surface area contributed by atoms with E-state index in [0.29, 0.717) is 17.3 Å². The van der Waals surface area contributed by atoms with Crippen LogP contribution in [0.1, 0.15) is 38.8 Å². The van der Waals surface area contributed by atoms with Crippen LogP contribution < -0.4 is 0 Å². The highest BCUT2D eigenvalue weighted by molar-refractivity contribution is 6.30. The average molecular weight is 432 g/mol. The van der Waals surface area contributed by atoms with E-state index in [9.17, 15) is 9.18 Å². The molecule has 6 heteroatoms. The number of hydrogen-bond acceptors (Lipinski definition) is 2. The van der Waals surface area contributed by atoms with Crippen molar-refractivity contribution in [3.8, 4) is 11.3 Å². The molecule has 0 fully saturated rings. The van der Waals surface area contributed by atoms with Crippen LogP contribution in [0.2, 0.25) is 5.02 Å². The second-order valence-electron chi connectivity index (χ2n) is 7.74. The molecule has 1 aliphatic rings. The Morgan fingerprint density at radius 3 is 2.35 bits per heavy atom. The van der Waals surface area contributed by atoms with Crippen LogP contribution in [-0.4, -0.2) is 21.0 Å². The summed E-state index contributed by atoms with van der Waals surface area (Å²) in [5.74, 6) is -0.450. The third-order valence-corrected chi connectivity index (χ3v) is 5.89. The Morgan fingerprint density at radius 2 is 1.68 bits per heavy atom. The van der Waals surface area contributed by atoms with Gasteiger partial charge in [0, 0.05) is 22.7 Å². The molecule has 1 aromatic heterocycles. The van der Waals surface area contributed by atoms with Crippen molar-refractivity contribution in [1.82, 2.24) is 15.1 Å². The third kappa shape index (κ3) is 3.51. The van der Waals surface area contributed by atoms with Crippen LogP contribution >= 0.6 is 11.6 Å². The Morgan fingerprint density at radius 1 is 1.00 bits per heavy atom. The smallest absolute Gasteiger partial charge is 0.273 e. The number of aromatic nitrogens is 2. The fraction of sp³-hybridized carbons (Fsp3) is 0.120. The van der Waals surface area contributed by atoms with Gasteiger partial charge in [0.2, 0.25) is 0 Å². The molecule has 4 aromatic rings. The van der Waals surface area contributed by atoms with Crippen molar-refractivity contribution < 1.29 is 9.18 Å². The van der Waals surface area contributed by atoms with Crippen molar-refractivity contribution in [3.63, 3.8) is 0 Å². The first kappa shape index (κ1) is 19.5. The predicted octanol–water partition coefficient (Wildman–Crippen LogP) is 5.92. The number of aromatic amines is 1. The molecule has 0 spiro atoms. The monoisotopic (exact) mass is 431 g/mol. The molecule has 1 amide bonds. The lowest BCUT2D eigenvalue weighted by molar-refractivity contribution is 0.0730. The Kier molecular flexibility index (Phi) is 4.83. The topological polar surface area (TPSA) is 49.0 Å². The zero-order valence-electron chi connectivity index (χ0n) is 16.8. The fourth-order valence-corrected chi connectivity index (χ4v) is 4.20. The lowest BCUT2D eigenvalue weighted by atomic mass is 9.95. The Bertz CT molecular complexity index is 1250. The maximum atomic E-state index is 13.6. The summed E-state index contributed by atoms with van der Waals surface area (Å²) < 4.78 is 13.6. The number of halogens is 2. The Balaban J connectivity index is 1.63. The summed E-state index contributed by atoms with van der Waals surface area (Å²) in [6.07, 6.45) is 0. The van der Waals surface area contributed by atoms with Gasteiger partial charge >= 0.3 is 0 Å². The number of benzene rings is 3. The van der Waals surface area contributed by atoms with Gasteiger partial charge in [-0.15, -0.1) is 0 Å². The zero-order valence-corrected chi connectivity index (χ0v) is 17.5. The molecular weight excluding hydrogens is 413 g/mol. The van der Waals surface area contributed by atoms with Crippen molar-refractivity contribution in [1.29, 1.82) is 0 Å². The number of carbonyl (C=O) groups excluding carboxylic acids is 1. The summed E-state index contributed by atoms with van der Waals surface area (Å²) in [4.78, 5) is 15.2. The summed E-state index contributed by atoms with van der Waals surface area (Å²) in [6, 6.07) is 21.4. The van der Waals surface area contributed by atoms with E-state index < -0.39 is 0 Å². The van der Waals surface area contributed by atoms with Crippen LogP contribution in [0.3, 0.4) is 0 Å². The summed E-state index contributed by atoms with van der Waals surface area (Å²) in [5, 5.41) is 8.06. The summed E-state index contributed by atoms with van der Waals surface area (Å²) in [6.45, 7) is 2.42. The highest BCUT2D eigenvalue weighted by atomic mass is 35.5. The molecule has 5 rings (SSSR count). The first-order valence-electron chi connectivity index (χ1n) is 9.97.